The summed E-state index contributed by atoms with van der Waals surface area (Å²) in [7, 11) is 0. The smallest absolute Gasteiger partial charge is 0.120 e. The molecule has 2 N–H and O–H groups in total. The lowest BCUT2D eigenvalue weighted by atomic mass is 9.97. The predicted molar refractivity (Wildman–Crippen MR) is 76.0 cm³/mol. The van der Waals surface area contributed by atoms with Gasteiger partial charge in [0.05, 0.1) is 12.6 Å². The maximum absolute atomic E-state index is 10.2. The molecule has 0 bridgehead atoms. The second-order valence-electron chi connectivity index (χ2n) is 5.59. The Morgan fingerprint density at radius 2 is 2.15 bits per heavy atom. The Balaban J connectivity index is 1.59. The number of aliphatic hydroxyl groups is 1. The van der Waals surface area contributed by atoms with Crippen LogP contribution in [0.4, 0.5) is 0 Å². The zero-order chi connectivity index (χ0) is 13.9. The van der Waals surface area contributed by atoms with E-state index in [2.05, 4.69) is 19.9 Å². The second kappa shape index (κ2) is 5.73. The maximum atomic E-state index is 10.2. The fourth-order valence-electron chi connectivity index (χ4n) is 2.85. The van der Waals surface area contributed by atoms with Gasteiger partial charge in [0, 0.05) is 43.3 Å². The molecule has 1 fully saturated rings. The van der Waals surface area contributed by atoms with E-state index in [0.29, 0.717) is 0 Å². The van der Waals surface area contributed by atoms with Crippen molar-refractivity contribution < 1.29 is 5.11 Å². The Kier molecular flexibility index (Phi) is 3.80. The molecule has 3 rings (SSSR count). The van der Waals surface area contributed by atoms with Crippen molar-refractivity contribution in [3.63, 3.8) is 0 Å². The summed E-state index contributed by atoms with van der Waals surface area (Å²) in [6.07, 6.45) is 6.09. The minimum atomic E-state index is -0.265. The van der Waals surface area contributed by atoms with Crippen LogP contribution in [-0.2, 0) is 13.0 Å². The summed E-state index contributed by atoms with van der Waals surface area (Å²) in [5, 5.41) is 10.2. The van der Waals surface area contributed by atoms with Crippen molar-refractivity contribution in [2.75, 3.05) is 13.1 Å². The molecule has 0 unspecified atom stereocenters. The normalized spacial score (nSPS) is 23.3. The third-order valence-electron chi connectivity index (χ3n) is 3.86. The number of rotatable bonds is 4. The highest BCUT2D eigenvalue weighted by Gasteiger charge is 2.31. The van der Waals surface area contributed by atoms with Crippen molar-refractivity contribution in [2.45, 2.75) is 26.0 Å². The number of β-amino-alcohol motifs (C(OH)–C–C–N with tert-alkyl or cyclic N) is 1. The number of aliphatic hydroxyl groups excluding tert-OH is 1. The van der Waals surface area contributed by atoms with E-state index in [1.807, 2.05) is 25.3 Å². The van der Waals surface area contributed by atoms with E-state index in [0.717, 1.165) is 37.6 Å². The number of nitrogens with zero attached hydrogens (tertiary/aromatic N) is 3. The van der Waals surface area contributed by atoms with Gasteiger partial charge >= 0.3 is 0 Å². The summed E-state index contributed by atoms with van der Waals surface area (Å²) in [4.78, 5) is 13.9. The minimum absolute atomic E-state index is 0.265. The number of aromatic amines is 1. The molecule has 3 heterocycles. The van der Waals surface area contributed by atoms with Crippen LogP contribution in [0.5, 0.6) is 0 Å². The Morgan fingerprint density at radius 1 is 1.35 bits per heavy atom. The summed E-state index contributed by atoms with van der Waals surface area (Å²) in [5.41, 5.74) is 2.31. The first-order chi connectivity index (χ1) is 9.70. The van der Waals surface area contributed by atoms with Gasteiger partial charge in [-0.05, 0) is 31.0 Å². The monoisotopic (exact) mass is 272 g/mol. The molecule has 0 aliphatic carbocycles. The number of aromatic nitrogens is 3. The van der Waals surface area contributed by atoms with Gasteiger partial charge in [-0.15, -0.1) is 0 Å². The summed E-state index contributed by atoms with van der Waals surface area (Å²) in [5.74, 6) is 1.26. The molecule has 2 aromatic rings. The molecule has 1 saturated heterocycles. The van der Waals surface area contributed by atoms with Gasteiger partial charge in [-0.25, -0.2) is 4.98 Å². The molecule has 0 amide bonds. The Hall–Kier alpha value is -1.72. The number of H-pyrrole nitrogens is 1. The number of pyridine rings is 1. The van der Waals surface area contributed by atoms with Gasteiger partial charge in [-0.2, -0.15) is 0 Å². The van der Waals surface area contributed by atoms with Gasteiger partial charge < -0.3 is 10.1 Å². The lowest BCUT2D eigenvalue weighted by Gasteiger charge is -2.14. The van der Waals surface area contributed by atoms with Gasteiger partial charge in [0.15, 0.2) is 0 Å². The van der Waals surface area contributed by atoms with Crippen LogP contribution in [0.3, 0.4) is 0 Å². The SMILES string of the molecule is Cc1cnc(CN2C[C@@H](Cc3ccncc3)[C@H](O)C2)[nH]1. The molecule has 20 heavy (non-hydrogen) atoms. The second-order valence-corrected chi connectivity index (χ2v) is 5.59. The molecule has 1 aliphatic heterocycles. The molecule has 0 spiro atoms. The maximum Gasteiger partial charge on any atom is 0.120 e. The zero-order valence-corrected chi connectivity index (χ0v) is 11.7. The van der Waals surface area contributed by atoms with E-state index in [1.54, 1.807) is 12.4 Å². The van der Waals surface area contributed by atoms with Crippen molar-refractivity contribution in [1.82, 2.24) is 19.9 Å². The lowest BCUT2D eigenvalue weighted by molar-refractivity contribution is 0.141. The summed E-state index contributed by atoms with van der Waals surface area (Å²) in [6.45, 7) is 4.40. The Morgan fingerprint density at radius 3 is 2.85 bits per heavy atom. The molecule has 2 aromatic heterocycles. The number of aryl methyl sites for hydroxylation is 1. The molecule has 0 radical (unpaired) electrons. The summed E-state index contributed by atoms with van der Waals surface area (Å²) >= 11 is 0. The van der Waals surface area contributed by atoms with Crippen LogP contribution in [0.15, 0.2) is 30.7 Å². The molecule has 2 atom stereocenters. The highest BCUT2D eigenvalue weighted by atomic mass is 16.3. The van der Waals surface area contributed by atoms with E-state index < -0.39 is 0 Å². The third-order valence-corrected chi connectivity index (χ3v) is 3.86. The van der Waals surface area contributed by atoms with E-state index in [1.165, 1.54) is 5.56 Å². The van der Waals surface area contributed by atoms with Gasteiger partial charge in [-0.1, -0.05) is 0 Å². The van der Waals surface area contributed by atoms with Gasteiger partial charge in [0.25, 0.3) is 0 Å². The van der Waals surface area contributed by atoms with Crippen molar-refractivity contribution in [3.05, 3.63) is 47.8 Å². The topological polar surface area (TPSA) is 65.0 Å². The Labute approximate surface area is 118 Å². The van der Waals surface area contributed by atoms with E-state index in [-0.39, 0.29) is 12.0 Å². The molecule has 5 nitrogen and oxygen atoms in total. The molecule has 0 saturated carbocycles. The van der Waals surface area contributed by atoms with Crippen LogP contribution in [0, 0.1) is 12.8 Å². The molecule has 106 valence electrons. The minimum Gasteiger partial charge on any atom is -0.391 e. The first kappa shape index (κ1) is 13.3. The molecule has 5 heteroatoms. The van der Waals surface area contributed by atoms with Crippen LogP contribution in [0.2, 0.25) is 0 Å². The average Bonchev–Trinajstić information content (AvgIpc) is 2.98. The van der Waals surface area contributed by atoms with Crippen molar-refractivity contribution in [1.29, 1.82) is 0 Å². The van der Waals surface area contributed by atoms with Gasteiger partial charge in [-0.3, -0.25) is 9.88 Å². The van der Waals surface area contributed by atoms with Gasteiger partial charge in [0.1, 0.15) is 5.82 Å². The fourth-order valence-corrected chi connectivity index (χ4v) is 2.85. The van der Waals surface area contributed by atoms with Crippen LogP contribution >= 0.6 is 0 Å². The Bertz CT molecular complexity index is 554. The number of hydrogen-bond donors (Lipinski definition) is 2. The van der Waals surface area contributed by atoms with Crippen molar-refractivity contribution >= 4 is 0 Å². The first-order valence-corrected chi connectivity index (χ1v) is 7.00. The van der Waals surface area contributed by atoms with Gasteiger partial charge in [0.2, 0.25) is 0 Å². The molecule has 1 aliphatic rings. The lowest BCUT2D eigenvalue weighted by Crippen LogP contribution is -2.22. The van der Waals surface area contributed by atoms with Crippen LogP contribution < -0.4 is 0 Å². The number of likely N-dealkylation sites (tertiary alicyclic amines) is 1. The predicted octanol–water partition coefficient (Wildman–Crippen LogP) is 1.15. The molecule has 0 aromatic carbocycles. The van der Waals surface area contributed by atoms with E-state index in [4.69, 9.17) is 0 Å². The highest BCUT2D eigenvalue weighted by Crippen LogP contribution is 2.22. The number of nitrogens with one attached hydrogen (secondary N) is 1. The largest absolute Gasteiger partial charge is 0.391 e. The van der Waals surface area contributed by atoms with E-state index in [9.17, 15) is 5.11 Å². The fraction of sp³-hybridized carbons (Fsp3) is 0.467. The summed E-state index contributed by atoms with van der Waals surface area (Å²) in [6, 6.07) is 4.04. The van der Waals surface area contributed by atoms with Crippen molar-refractivity contribution in [3.8, 4) is 0 Å². The standard InChI is InChI=1S/C15H20N4O/c1-11-7-17-15(18-11)10-19-8-13(14(20)9-19)6-12-2-4-16-5-3-12/h2-5,7,13-14,20H,6,8-10H2,1H3,(H,17,18)/t13-,14-/m1/s1. The zero-order valence-electron chi connectivity index (χ0n) is 11.7. The highest BCUT2D eigenvalue weighted by molar-refractivity contribution is 5.12. The van der Waals surface area contributed by atoms with Crippen molar-refractivity contribution in [2.24, 2.45) is 5.92 Å². The van der Waals surface area contributed by atoms with Crippen LogP contribution in [0.25, 0.3) is 0 Å². The molecular formula is C15H20N4O. The number of hydrogen-bond acceptors (Lipinski definition) is 4. The summed E-state index contributed by atoms with van der Waals surface area (Å²) < 4.78 is 0. The van der Waals surface area contributed by atoms with Crippen LogP contribution in [0.1, 0.15) is 17.1 Å². The third kappa shape index (κ3) is 3.05. The first-order valence-electron chi connectivity index (χ1n) is 7.00. The van der Waals surface area contributed by atoms with Crippen LogP contribution in [-0.4, -0.2) is 44.2 Å². The quantitative estimate of drug-likeness (QED) is 0.876. The van der Waals surface area contributed by atoms with E-state index >= 15 is 0 Å². The molecular weight excluding hydrogens is 252 g/mol. The number of imidazole rings is 1. The average molecular weight is 272 g/mol.